The lowest BCUT2D eigenvalue weighted by atomic mass is 9.87. The Hall–Kier alpha value is -0.120. The fraction of sp³-hybridized carbons (Fsp3) is 1.00. The molecule has 0 bridgehead atoms. The van der Waals surface area contributed by atoms with Crippen LogP contribution in [-0.2, 0) is 4.74 Å². The van der Waals surface area contributed by atoms with E-state index in [2.05, 4.69) is 17.1 Å². The van der Waals surface area contributed by atoms with Crippen LogP contribution >= 0.6 is 0 Å². The summed E-state index contributed by atoms with van der Waals surface area (Å²) < 4.78 is 5.26. The van der Waals surface area contributed by atoms with Crippen LogP contribution in [0.2, 0.25) is 0 Å². The minimum Gasteiger partial charge on any atom is -0.384 e. The number of likely N-dealkylation sites (tertiary alicyclic amines) is 1. The van der Waals surface area contributed by atoms with Gasteiger partial charge in [-0.2, -0.15) is 0 Å². The lowest BCUT2D eigenvalue weighted by Gasteiger charge is -2.33. The topological polar surface area (TPSA) is 24.5 Å². The highest BCUT2D eigenvalue weighted by molar-refractivity contribution is 4.77. The van der Waals surface area contributed by atoms with E-state index in [4.69, 9.17) is 4.74 Å². The second-order valence-corrected chi connectivity index (χ2v) is 6.66. The van der Waals surface area contributed by atoms with Crippen LogP contribution in [0.15, 0.2) is 0 Å². The molecule has 2 unspecified atom stereocenters. The molecule has 1 heterocycles. The molecule has 0 spiro atoms. The van der Waals surface area contributed by atoms with Gasteiger partial charge in [0, 0.05) is 32.8 Å². The van der Waals surface area contributed by atoms with Gasteiger partial charge in [-0.25, -0.2) is 0 Å². The third-order valence-corrected chi connectivity index (χ3v) is 4.91. The first-order valence-electron chi connectivity index (χ1n) is 8.22. The summed E-state index contributed by atoms with van der Waals surface area (Å²) in [5, 5.41) is 3.77. The SMILES string of the molecule is COCC1CCN(CCNC2CCCC(C)C2)CC1. The van der Waals surface area contributed by atoms with Gasteiger partial charge < -0.3 is 15.0 Å². The molecule has 2 rings (SSSR count). The molecule has 1 N–H and O–H groups in total. The summed E-state index contributed by atoms with van der Waals surface area (Å²) >= 11 is 0. The Morgan fingerprint density at radius 2 is 1.95 bits per heavy atom. The number of nitrogens with one attached hydrogen (secondary N) is 1. The highest BCUT2D eigenvalue weighted by Gasteiger charge is 2.20. The van der Waals surface area contributed by atoms with Crippen molar-refractivity contribution >= 4 is 0 Å². The zero-order valence-electron chi connectivity index (χ0n) is 12.9. The summed E-state index contributed by atoms with van der Waals surface area (Å²) in [4.78, 5) is 2.62. The van der Waals surface area contributed by atoms with Gasteiger partial charge in [0.05, 0.1) is 0 Å². The van der Waals surface area contributed by atoms with E-state index in [0.717, 1.165) is 24.5 Å². The zero-order valence-corrected chi connectivity index (χ0v) is 12.9. The third-order valence-electron chi connectivity index (χ3n) is 4.91. The number of piperidine rings is 1. The van der Waals surface area contributed by atoms with Crippen LogP contribution in [0.4, 0.5) is 0 Å². The first-order chi connectivity index (χ1) is 9.28. The molecule has 0 aromatic heterocycles. The van der Waals surface area contributed by atoms with E-state index in [1.165, 1.54) is 64.7 Å². The molecule has 2 fully saturated rings. The molecule has 112 valence electrons. The van der Waals surface area contributed by atoms with Crippen molar-refractivity contribution in [2.45, 2.75) is 51.5 Å². The summed E-state index contributed by atoms with van der Waals surface area (Å²) in [6, 6.07) is 0.787. The Bertz CT molecular complexity index is 239. The highest BCUT2D eigenvalue weighted by Crippen LogP contribution is 2.23. The van der Waals surface area contributed by atoms with Gasteiger partial charge in [0.1, 0.15) is 0 Å². The Morgan fingerprint density at radius 1 is 1.16 bits per heavy atom. The van der Waals surface area contributed by atoms with Crippen molar-refractivity contribution in [3.63, 3.8) is 0 Å². The van der Waals surface area contributed by atoms with Gasteiger partial charge in [-0.3, -0.25) is 0 Å². The van der Waals surface area contributed by atoms with Gasteiger partial charge in [0.2, 0.25) is 0 Å². The Labute approximate surface area is 119 Å². The number of rotatable bonds is 6. The Balaban J connectivity index is 1.54. The van der Waals surface area contributed by atoms with Crippen LogP contribution in [0.3, 0.4) is 0 Å². The van der Waals surface area contributed by atoms with Gasteiger partial charge in [0.15, 0.2) is 0 Å². The highest BCUT2D eigenvalue weighted by atomic mass is 16.5. The normalized spacial score (nSPS) is 30.6. The summed E-state index contributed by atoms with van der Waals surface area (Å²) in [6.07, 6.45) is 8.26. The minimum atomic E-state index is 0.787. The summed E-state index contributed by atoms with van der Waals surface area (Å²) in [6.45, 7) is 8.27. The van der Waals surface area contributed by atoms with Crippen molar-refractivity contribution in [1.82, 2.24) is 10.2 Å². The summed E-state index contributed by atoms with van der Waals surface area (Å²) in [5.74, 6) is 1.73. The van der Waals surface area contributed by atoms with E-state index in [9.17, 15) is 0 Å². The average Bonchev–Trinajstić information content (AvgIpc) is 2.41. The smallest absolute Gasteiger partial charge is 0.0491 e. The van der Waals surface area contributed by atoms with Crippen LogP contribution in [0, 0.1) is 11.8 Å². The number of hydrogen-bond acceptors (Lipinski definition) is 3. The van der Waals surface area contributed by atoms with Crippen molar-refractivity contribution in [2.75, 3.05) is 39.9 Å². The fourth-order valence-corrected chi connectivity index (χ4v) is 3.66. The van der Waals surface area contributed by atoms with Crippen LogP contribution in [0.1, 0.15) is 45.4 Å². The van der Waals surface area contributed by atoms with Crippen molar-refractivity contribution in [3.8, 4) is 0 Å². The maximum atomic E-state index is 5.26. The Morgan fingerprint density at radius 3 is 2.63 bits per heavy atom. The average molecular weight is 268 g/mol. The molecule has 1 saturated heterocycles. The predicted octanol–water partition coefficient (Wildman–Crippen LogP) is 2.51. The first kappa shape index (κ1) is 15.3. The first-order valence-corrected chi connectivity index (χ1v) is 8.22. The molecule has 19 heavy (non-hydrogen) atoms. The molecule has 0 aromatic carbocycles. The number of nitrogens with zero attached hydrogens (tertiary/aromatic N) is 1. The summed E-state index contributed by atoms with van der Waals surface area (Å²) in [7, 11) is 1.82. The number of methoxy groups -OCH3 is 1. The van der Waals surface area contributed by atoms with E-state index in [1.54, 1.807) is 0 Å². The standard InChI is InChI=1S/C16H32N2O/c1-14-4-3-5-16(12-14)17-8-11-18-9-6-15(7-10-18)13-19-2/h14-17H,3-13H2,1-2H3. The molecular formula is C16H32N2O. The van der Waals surface area contributed by atoms with E-state index < -0.39 is 0 Å². The largest absolute Gasteiger partial charge is 0.384 e. The summed E-state index contributed by atoms with van der Waals surface area (Å²) in [5.41, 5.74) is 0. The van der Waals surface area contributed by atoms with E-state index in [-0.39, 0.29) is 0 Å². The molecule has 0 radical (unpaired) electrons. The van der Waals surface area contributed by atoms with Crippen LogP contribution in [0.5, 0.6) is 0 Å². The van der Waals surface area contributed by atoms with Gasteiger partial charge >= 0.3 is 0 Å². The molecule has 0 amide bonds. The van der Waals surface area contributed by atoms with Gasteiger partial charge in [0.25, 0.3) is 0 Å². The molecule has 2 atom stereocenters. The quantitative estimate of drug-likeness (QED) is 0.801. The van der Waals surface area contributed by atoms with Crippen molar-refractivity contribution < 1.29 is 4.74 Å². The minimum absolute atomic E-state index is 0.787. The monoisotopic (exact) mass is 268 g/mol. The van der Waals surface area contributed by atoms with Crippen molar-refractivity contribution in [1.29, 1.82) is 0 Å². The molecule has 0 aromatic rings. The lowest BCUT2D eigenvalue weighted by Crippen LogP contribution is -2.42. The van der Waals surface area contributed by atoms with Crippen LogP contribution in [-0.4, -0.2) is 50.8 Å². The molecule has 3 heteroatoms. The zero-order chi connectivity index (χ0) is 13.5. The molecule has 1 aliphatic heterocycles. The van der Waals surface area contributed by atoms with E-state index >= 15 is 0 Å². The number of hydrogen-bond donors (Lipinski definition) is 1. The molecule has 1 aliphatic carbocycles. The molecule has 1 saturated carbocycles. The van der Waals surface area contributed by atoms with Crippen LogP contribution < -0.4 is 5.32 Å². The van der Waals surface area contributed by atoms with Crippen LogP contribution in [0.25, 0.3) is 0 Å². The van der Waals surface area contributed by atoms with Gasteiger partial charge in [-0.15, -0.1) is 0 Å². The molecule has 3 nitrogen and oxygen atoms in total. The fourth-order valence-electron chi connectivity index (χ4n) is 3.66. The maximum absolute atomic E-state index is 5.26. The lowest BCUT2D eigenvalue weighted by molar-refractivity contribution is 0.0992. The second kappa shape index (κ2) is 8.23. The third kappa shape index (κ3) is 5.41. The predicted molar refractivity (Wildman–Crippen MR) is 80.5 cm³/mol. The Kier molecular flexibility index (Phi) is 6.62. The van der Waals surface area contributed by atoms with Gasteiger partial charge in [-0.05, 0) is 50.6 Å². The molecular weight excluding hydrogens is 236 g/mol. The van der Waals surface area contributed by atoms with Gasteiger partial charge in [-0.1, -0.05) is 19.8 Å². The van der Waals surface area contributed by atoms with E-state index in [1.807, 2.05) is 7.11 Å². The number of ether oxygens (including phenoxy) is 1. The maximum Gasteiger partial charge on any atom is 0.0491 e. The second-order valence-electron chi connectivity index (χ2n) is 6.66. The van der Waals surface area contributed by atoms with E-state index in [0.29, 0.717) is 0 Å². The molecule has 2 aliphatic rings. The van der Waals surface area contributed by atoms with Crippen molar-refractivity contribution in [3.05, 3.63) is 0 Å². The van der Waals surface area contributed by atoms with Crippen molar-refractivity contribution in [2.24, 2.45) is 11.8 Å².